The van der Waals surface area contributed by atoms with Gasteiger partial charge >= 0.3 is 0 Å². The number of hydrogen-bond acceptors (Lipinski definition) is 4. The minimum absolute atomic E-state index is 0.0274. The Morgan fingerprint density at radius 1 is 1.18 bits per heavy atom. The van der Waals surface area contributed by atoms with Gasteiger partial charge in [-0.2, -0.15) is 5.10 Å². The lowest BCUT2D eigenvalue weighted by atomic mass is 9.97. The van der Waals surface area contributed by atoms with E-state index in [0.29, 0.717) is 24.6 Å². The average molecular weight is 381 g/mol. The van der Waals surface area contributed by atoms with E-state index in [1.165, 1.54) is 0 Å². The molecule has 2 amide bonds. The van der Waals surface area contributed by atoms with Crippen molar-refractivity contribution in [1.29, 1.82) is 0 Å². The summed E-state index contributed by atoms with van der Waals surface area (Å²) in [7, 11) is 0. The monoisotopic (exact) mass is 381 g/mol. The van der Waals surface area contributed by atoms with E-state index in [4.69, 9.17) is 0 Å². The highest BCUT2D eigenvalue weighted by molar-refractivity contribution is 5.97. The standard InChI is InChI=1S/C21H27N5O2/c27-20(18-8-3-10-22-18)23-14-16-6-4-12-25(15-16)21(28)17-7-1-2-9-19(17)26-13-5-11-24-26/h1-2,5,7,9,11,13,16,18,22H,3-4,6,8,10,12,14-15H2,(H,23,27). The van der Waals surface area contributed by atoms with Crippen molar-refractivity contribution in [2.45, 2.75) is 31.7 Å². The minimum atomic E-state index is -0.0535. The van der Waals surface area contributed by atoms with E-state index in [1.54, 1.807) is 10.9 Å². The van der Waals surface area contributed by atoms with Crippen molar-refractivity contribution in [3.8, 4) is 5.69 Å². The van der Waals surface area contributed by atoms with Crippen LogP contribution in [0.1, 0.15) is 36.0 Å². The molecule has 7 nitrogen and oxygen atoms in total. The van der Waals surface area contributed by atoms with Crippen LogP contribution < -0.4 is 10.6 Å². The molecule has 2 saturated heterocycles. The van der Waals surface area contributed by atoms with Crippen LogP contribution in [0.2, 0.25) is 0 Å². The summed E-state index contributed by atoms with van der Waals surface area (Å²) < 4.78 is 1.73. The molecule has 7 heteroatoms. The van der Waals surface area contributed by atoms with E-state index in [0.717, 1.165) is 44.5 Å². The van der Waals surface area contributed by atoms with Gasteiger partial charge < -0.3 is 15.5 Å². The number of rotatable bonds is 5. The molecule has 1 aromatic heterocycles. The zero-order valence-electron chi connectivity index (χ0n) is 16.0. The van der Waals surface area contributed by atoms with Gasteiger partial charge in [0.15, 0.2) is 0 Å². The molecule has 0 spiro atoms. The van der Waals surface area contributed by atoms with Crippen LogP contribution in [0, 0.1) is 5.92 Å². The largest absolute Gasteiger partial charge is 0.354 e. The number of amides is 2. The molecule has 2 aliphatic rings. The fourth-order valence-electron chi connectivity index (χ4n) is 4.13. The summed E-state index contributed by atoms with van der Waals surface area (Å²) in [4.78, 5) is 27.3. The van der Waals surface area contributed by atoms with Gasteiger partial charge in [0.2, 0.25) is 5.91 Å². The average Bonchev–Trinajstić information content (AvgIpc) is 3.46. The van der Waals surface area contributed by atoms with Crippen LogP contribution in [0.4, 0.5) is 0 Å². The van der Waals surface area contributed by atoms with Crippen molar-refractivity contribution in [2.75, 3.05) is 26.2 Å². The Hall–Kier alpha value is -2.67. The van der Waals surface area contributed by atoms with Crippen molar-refractivity contribution in [3.63, 3.8) is 0 Å². The predicted molar refractivity (Wildman–Crippen MR) is 106 cm³/mol. The lowest BCUT2D eigenvalue weighted by Gasteiger charge is -2.33. The number of nitrogens with one attached hydrogen (secondary N) is 2. The number of aromatic nitrogens is 2. The Bertz CT molecular complexity index is 814. The molecule has 2 fully saturated rings. The molecule has 0 saturated carbocycles. The number of benzene rings is 1. The molecule has 2 N–H and O–H groups in total. The number of hydrogen-bond donors (Lipinski definition) is 2. The van der Waals surface area contributed by atoms with Crippen LogP contribution in [0.5, 0.6) is 0 Å². The van der Waals surface area contributed by atoms with Crippen LogP contribution >= 0.6 is 0 Å². The van der Waals surface area contributed by atoms with E-state index in [1.807, 2.05) is 41.4 Å². The third kappa shape index (κ3) is 4.09. The molecule has 2 atom stereocenters. The van der Waals surface area contributed by atoms with Crippen molar-refractivity contribution in [3.05, 3.63) is 48.3 Å². The van der Waals surface area contributed by atoms with E-state index in [-0.39, 0.29) is 17.9 Å². The normalized spacial score (nSPS) is 22.2. The van der Waals surface area contributed by atoms with Gasteiger partial charge in [-0.05, 0) is 56.3 Å². The lowest BCUT2D eigenvalue weighted by molar-refractivity contribution is -0.123. The molecule has 28 heavy (non-hydrogen) atoms. The second-order valence-corrected chi connectivity index (χ2v) is 7.62. The first-order valence-electron chi connectivity index (χ1n) is 10.1. The summed E-state index contributed by atoms with van der Waals surface area (Å²) in [6.45, 7) is 2.96. The molecule has 0 bridgehead atoms. The molecule has 3 heterocycles. The molecule has 2 aromatic rings. The summed E-state index contributed by atoms with van der Waals surface area (Å²) >= 11 is 0. The smallest absolute Gasteiger partial charge is 0.256 e. The van der Waals surface area contributed by atoms with Gasteiger partial charge in [-0.1, -0.05) is 12.1 Å². The molecular formula is C21H27N5O2. The van der Waals surface area contributed by atoms with E-state index < -0.39 is 0 Å². The third-order valence-electron chi connectivity index (χ3n) is 5.63. The van der Waals surface area contributed by atoms with E-state index in [9.17, 15) is 9.59 Å². The summed E-state index contributed by atoms with van der Waals surface area (Å²) in [6, 6.07) is 9.37. The van der Waals surface area contributed by atoms with Crippen molar-refractivity contribution in [1.82, 2.24) is 25.3 Å². The quantitative estimate of drug-likeness (QED) is 0.824. The van der Waals surface area contributed by atoms with Crippen LogP contribution in [-0.4, -0.2) is 58.7 Å². The summed E-state index contributed by atoms with van der Waals surface area (Å²) in [5.41, 5.74) is 1.45. The molecule has 0 aliphatic carbocycles. The molecule has 0 radical (unpaired) electrons. The topological polar surface area (TPSA) is 79.3 Å². The van der Waals surface area contributed by atoms with Gasteiger partial charge in [-0.15, -0.1) is 0 Å². The Morgan fingerprint density at radius 3 is 2.86 bits per heavy atom. The number of likely N-dealkylation sites (tertiary alicyclic amines) is 1. The van der Waals surface area contributed by atoms with Gasteiger partial charge in [0.25, 0.3) is 5.91 Å². The fourth-order valence-corrected chi connectivity index (χ4v) is 4.13. The van der Waals surface area contributed by atoms with Crippen LogP contribution in [0.25, 0.3) is 5.69 Å². The van der Waals surface area contributed by atoms with Crippen LogP contribution in [-0.2, 0) is 4.79 Å². The SMILES string of the molecule is O=C(NCC1CCCN(C(=O)c2ccccc2-n2cccn2)C1)C1CCCN1. The van der Waals surface area contributed by atoms with Gasteiger partial charge in [0.05, 0.1) is 17.3 Å². The lowest BCUT2D eigenvalue weighted by Crippen LogP contribution is -2.46. The molecular weight excluding hydrogens is 354 g/mol. The first kappa shape index (κ1) is 18.7. The van der Waals surface area contributed by atoms with Crippen molar-refractivity contribution >= 4 is 11.8 Å². The van der Waals surface area contributed by atoms with E-state index >= 15 is 0 Å². The minimum Gasteiger partial charge on any atom is -0.354 e. The number of carbonyl (C=O) groups excluding carboxylic acids is 2. The van der Waals surface area contributed by atoms with Crippen molar-refractivity contribution in [2.24, 2.45) is 5.92 Å². The highest BCUT2D eigenvalue weighted by atomic mass is 16.2. The summed E-state index contributed by atoms with van der Waals surface area (Å²) in [5, 5.41) is 10.6. The van der Waals surface area contributed by atoms with Gasteiger partial charge in [0.1, 0.15) is 0 Å². The summed E-state index contributed by atoms with van der Waals surface area (Å²) in [6.07, 6.45) is 7.50. The van der Waals surface area contributed by atoms with Gasteiger partial charge in [0, 0.05) is 32.0 Å². The molecule has 1 aromatic carbocycles. The predicted octanol–water partition coefficient (Wildman–Crippen LogP) is 1.59. The first-order valence-corrected chi connectivity index (χ1v) is 10.1. The van der Waals surface area contributed by atoms with Crippen molar-refractivity contribution < 1.29 is 9.59 Å². The molecule has 2 aliphatic heterocycles. The highest BCUT2D eigenvalue weighted by Gasteiger charge is 2.28. The maximum absolute atomic E-state index is 13.2. The molecule has 4 rings (SSSR count). The molecule has 148 valence electrons. The zero-order chi connectivity index (χ0) is 19.3. The Balaban J connectivity index is 1.39. The van der Waals surface area contributed by atoms with Crippen LogP contribution in [0.15, 0.2) is 42.7 Å². The van der Waals surface area contributed by atoms with Crippen LogP contribution in [0.3, 0.4) is 0 Å². The van der Waals surface area contributed by atoms with Gasteiger partial charge in [-0.25, -0.2) is 4.68 Å². The second kappa shape index (κ2) is 8.56. The third-order valence-corrected chi connectivity index (χ3v) is 5.63. The maximum atomic E-state index is 13.2. The first-order chi connectivity index (χ1) is 13.7. The Morgan fingerprint density at radius 2 is 2.07 bits per heavy atom. The number of piperidine rings is 1. The van der Waals surface area contributed by atoms with E-state index in [2.05, 4.69) is 15.7 Å². The number of para-hydroxylation sites is 1. The zero-order valence-corrected chi connectivity index (χ0v) is 16.0. The fraction of sp³-hybridized carbons (Fsp3) is 0.476. The number of carbonyl (C=O) groups is 2. The highest BCUT2D eigenvalue weighted by Crippen LogP contribution is 2.21. The Kier molecular flexibility index (Phi) is 5.71. The van der Waals surface area contributed by atoms with Gasteiger partial charge in [-0.3, -0.25) is 9.59 Å². The maximum Gasteiger partial charge on any atom is 0.256 e. The number of nitrogens with zero attached hydrogens (tertiary/aromatic N) is 3. The molecule has 2 unspecified atom stereocenters. The summed E-state index contributed by atoms with van der Waals surface area (Å²) in [5.74, 6) is 0.407. The Labute approximate surface area is 165 Å². The second-order valence-electron chi connectivity index (χ2n) is 7.62.